The van der Waals surface area contributed by atoms with Crippen LogP contribution in [0.2, 0.25) is 0 Å². The molecule has 0 heterocycles. The molecule has 4 rings (SSSR count). The van der Waals surface area contributed by atoms with Gasteiger partial charge in [-0.15, -0.1) is 0 Å². The van der Waals surface area contributed by atoms with Crippen LogP contribution in [-0.4, -0.2) is 5.91 Å². The summed E-state index contributed by atoms with van der Waals surface area (Å²) in [6, 6.07) is 25.7. The van der Waals surface area contributed by atoms with Crippen molar-refractivity contribution in [3.05, 3.63) is 106 Å². The van der Waals surface area contributed by atoms with Gasteiger partial charge in [-0.25, -0.2) is 0 Å². The van der Waals surface area contributed by atoms with E-state index in [2.05, 4.69) is 45.5 Å². The molecule has 3 aromatic rings. The van der Waals surface area contributed by atoms with E-state index in [1.54, 1.807) is 0 Å². The number of benzene rings is 3. The molecule has 0 atom stereocenters. The van der Waals surface area contributed by atoms with E-state index in [1.807, 2.05) is 66.7 Å². The fraction of sp³-hybridized carbons (Fsp3) is 0. The highest BCUT2D eigenvalue weighted by Gasteiger charge is 2.23. The van der Waals surface area contributed by atoms with Gasteiger partial charge < -0.3 is 5.32 Å². The summed E-state index contributed by atoms with van der Waals surface area (Å²) in [6.07, 6.45) is 4.07. The van der Waals surface area contributed by atoms with Gasteiger partial charge in [-0.05, 0) is 58.7 Å². The minimum absolute atomic E-state index is 0.101. The van der Waals surface area contributed by atoms with E-state index < -0.39 is 0 Å². The molecule has 126 valence electrons. The van der Waals surface area contributed by atoms with Gasteiger partial charge in [0, 0.05) is 15.7 Å². The summed E-state index contributed by atoms with van der Waals surface area (Å²) < 4.78 is 0.994. The van der Waals surface area contributed by atoms with Crippen LogP contribution in [0.25, 0.3) is 17.2 Å². The first-order chi connectivity index (χ1) is 12.7. The predicted molar refractivity (Wildman–Crippen MR) is 112 cm³/mol. The van der Waals surface area contributed by atoms with Gasteiger partial charge in [0.1, 0.15) is 0 Å². The third kappa shape index (κ3) is 3.39. The third-order valence-corrected chi connectivity index (χ3v) is 4.77. The zero-order chi connectivity index (χ0) is 17.9. The number of rotatable bonds is 3. The van der Waals surface area contributed by atoms with E-state index in [4.69, 9.17) is 0 Å². The van der Waals surface area contributed by atoms with E-state index in [0.29, 0.717) is 5.57 Å². The quantitative estimate of drug-likeness (QED) is 0.570. The molecular formula is C23H16BrNO. The standard InChI is InChI=1S/C23H16BrNO/c24-18-11-12-20-21(15-18)17(13-16-7-3-1-4-8-16)14-22(20)23(26)25-19-9-5-2-6-10-19/h1-15H,(H,25,26)/b17-13+. The summed E-state index contributed by atoms with van der Waals surface area (Å²) in [7, 11) is 0. The average molecular weight is 402 g/mol. The Hall–Kier alpha value is -2.91. The van der Waals surface area contributed by atoms with Crippen molar-refractivity contribution < 1.29 is 4.79 Å². The summed E-state index contributed by atoms with van der Waals surface area (Å²) in [5.74, 6) is -0.101. The second kappa shape index (κ2) is 7.14. The number of hydrogen-bond donors (Lipinski definition) is 1. The van der Waals surface area contributed by atoms with Crippen molar-refractivity contribution in [2.24, 2.45) is 0 Å². The van der Waals surface area contributed by atoms with Gasteiger partial charge in [0.05, 0.1) is 0 Å². The monoisotopic (exact) mass is 401 g/mol. The van der Waals surface area contributed by atoms with Gasteiger partial charge in [-0.3, -0.25) is 4.79 Å². The molecule has 1 aliphatic rings. The Labute approximate surface area is 161 Å². The normalized spacial score (nSPS) is 14.0. The molecule has 0 aliphatic heterocycles. The fourth-order valence-corrected chi connectivity index (χ4v) is 3.42. The molecule has 0 saturated heterocycles. The molecule has 3 aromatic carbocycles. The summed E-state index contributed by atoms with van der Waals surface area (Å²) in [4.78, 5) is 12.8. The van der Waals surface area contributed by atoms with Gasteiger partial charge in [0.15, 0.2) is 0 Å². The Bertz CT molecular complexity index is 1020. The molecule has 0 spiro atoms. The maximum absolute atomic E-state index is 12.8. The first-order valence-electron chi connectivity index (χ1n) is 8.36. The number of hydrogen-bond acceptors (Lipinski definition) is 1. The van der Waals surface area contributed by atoms with Crippen LogP contribution in [0, 0.1) is 0 Å². The number of carbonyl (C=O) groups is 1. The number of amides is 1. The van der Waals surface area contributed by atoms with Gasteiger partial charge in [-0.2, -0.15) is 0 Å². The molecule has 1 aliphatic carbocycles. The molecule has 0 aromatic heterocycles. The topological polar surface area (TPSA) is 29.1 Å². The molecule has 26 heavy (non-hydrogen) atoms. The molecule has 2 nitrogen and oxygen atoms in total. The van der Waals surface area contributed by atoms with E-state index in [-0.39, 0.29) is 5.91 Å². The lowest BCUT2D eigenvalue weighted by molar-refractivity contribution is -0.111. The van der Waals surface area contributed by atoms with Gasteiger partial charge in [0.25, 0.3) is 5.91 Å². The predicted octanol–water partition coefficient (Wildman–Crippen LogP) is 6.03. The maximum atomic E-state index is 12.8. The SMILES string of the molecule is O=C(Nc1ccccc1)C1=C/C(=C\c2ccccc2)c2cc(Br)ccc21. The lowest BCUT2D eigenvalue weighted by Gasteiger charge is -2.08. The zero-order valence-electron chi connectivity index (χ0n) is 13.9. The molecule has 0 fully saturated rings. The number of halogens is 1. The molecule has 0 saturated carbocycles. The van der Waals surface area contributed by atoms with Crippen LogP contribution in [0.3, 0.4) is 0 Å². The second-order valence-electron chi connectivity index (χ2n) is 6.08. The van der Waals surface area contributed by atoms with Crippen LogP contribution < -0.4 is 5.32 Å². The van der Waals surface area contributed by atoms with Crippen molar-refractivity contribution >= 4 is 44.7 Å². The third-order valence-electron chi connectivity index (χ3n) is 4.28. The van der Waals surface area contributed by atoms with E-state index in [9.17, 15) is 4.79 Å². The van der Waals surface area contributed by atoms with Crippen molar-refractivity contribution in [2.45, 2.75) is 0 Å². The van der Waals surface area contributed by atoms with E-state index in [1.165, 1.54) is 0 Å². The summed E-state index contributed by atoms with van der Waals surface area (Å²) in [5.41, 5.74) is 5.61. The summed E-state index contributed by atoms with van der Waals surface area (Å²) >= 11 is 3.54. The maximum Gasteiger partial charge on any atom is 0.256 e. The van der Waals surface area contributed by atoms with Crippen molar-refractivity contribution in [1.82, 2.24) is 0 Å². The van der Waals surface area contributed by atoms with Crippen molar-refractivity contribution in [3.63, 3.8) is 0 Å². The number of para-hydroxylation sites is 1. The zero-order valence-corrected chi connectivity index (χ0v) is 15.5. The highest BCUT2D eigenvalue weighted by molar-refractivity contribution is 9.10. The Morgan fingerprint density at radius 2 is 1.54 bits per heavy atom. The number of allylic oxidation sites excluding steroid dienone is 2. The van der Waals surface area contributed by atoms with Gasteiger partial charge in [0.2, 0.25) is 0 Å². The molecule has 0 radical (unpaired) electrons. The highest BCUT2D eigenvalue weighted by Crippen LogP contribution is 2.38. The van der Waals surface area contributed by atoms with Crippen molar-refractivity contribution in [2.75, 3.05) is 5.32 Å². The van der Waals surface area contributed by atoms with Crippen LogP contribution in [-0.2, 0) is 4.79 Å². The Morgan fingerprint density at radius 1 is 0.846 bits per heavy atom. The van der Waals surface area contributed by atoms with E-state index >= 15 is 0 Å². The number of anilines is 1. The van der Waals surface area contributed by atoms with Crippen LogP contribution in [0.15, 0.2) is 89.4 Å². The lowest BCUT2D eigenvalue weighted by atomic mass is 10.0. The first kappa shape index (κ1) is 16.6. The number of fused-ring (bicyclic) bond motifs is 1. The summed E-state index contributed by atoms with van der Waals surface area (Å²) in [5, 5.41) is 2.98. The minimum atomic E-state index is -0.101. The van der Waals surface area contributed by atoms with Crippen LogP contribution in [0.5, 0.6) is 0 Å². The lowest BCUT2D eigenvalue weighted by Crippen LogP contribution is -2.12. The van der Waals surface area contributed by atoms with Crippen molar-refractivity contribution in [1.29, 1.82) is 0 Å². The second-order valence-corrected chi connectivity index (χ2v) is 6.99. The molecular weight excluding hydrogens is 386 g/mol. The highest BCUT2D eigenvalue weighted by atomic mass is 79.9. The average Bonchev–Trinajstić information content (AvgIpc) is 3.01. The molecule has 1 amide bonds. The van der Waals surface area contributed by atoms with Crippen LogP contribution >= 0.6 is 15.9 Å². The molecule has 0 unspecified atom stereocenters. The first-order valence-corrected chi connectivity index (χ1v) is 9.15. The number of nitrogens with one attached hydrogen (secondary N) is 1. The molecule has 3 heteroatoms. The smallest absolute Gasteiger partial charge is 0.256 e. The molecule has 1 N–H and O–H groups in total. The largest absolute Gasteiger partial charge is 0.322 e. The Balaban J connectivity index is 1.74. The Kier molecular flexibility index (Phi) is 4.55. The van der Waals surface area contributed by atoms with Gasteiger partial charge in [-0.1, -0.05) is 70.5 Å². The Morgan fingerprint density at radius 3 is 2.27 bits per heavy atom. The van der Waals surface area contributed by atoms with Crippen molar-refractivity contribution in [3.8, 4) is 0 Å². The minimum Gasteiger partial charge on any atom is -0.322 e. The van der Waals surface area contributed by atoms with E-state index in [0.717, 1.165) is 32.4 Å². The molecule has 0 bridgehead atoms. The fourth-order valence-electron chi connectivity index (χ4n) is 3.06. The number of carbonyl (C=O) groups excluding carboxylic acids is 1. The van der Waals surface area contributed by atoms with Crippen LogP contribution in [0.4, 0.5) is 5.69 Å². The summed E-state index contributed by atoms with van der Waals surface area (Å²) in [6.45, 7) is 0. The van der Waals surface area contributed by atoms with Gasteiger partial charge >= 0.3 is 0 Å². The van der Waals surface area contributed by atoms with Crippen LogP contribution in [0.1, 0.15) is 16.7 Å².